The molecule has 6 rings (SSSR count). The molecule has 1 unspecified atom stereocenters. The second kappa shape index (κ2) is 12.5. The van der Waals surface area contributed by atoms with Crippen LogP contribution in [0.25, 0.3) is 11.1 Å². The maximum absolute atomic E-state index is 14.0. The van der Waals surface area contributed by atoms with Crippen molar-refractivity contribution in [2.75, 3.05) is 24.7 Å². The Bertz CT molecular complexity index is 2040. The fraction of sp³-hybridized carbons (Fsp3) is 0.257. The summed E-state index contributed by atoms with van der Waals surface area (Å²) < 4.78 is 41.0. The number of ketones is 2. The molecule has 0 radical (unpaired) electrons. The van der Waals surface area contributed by atoms with Crippen LogP contribution in [0.2, 0.25) is 0 Å². The first-order valence-electron chi connectivity index (χ1n) is 15.5. The number of rotatable bonds is 6. The molecule has 0 aliphatic heterocycles. The minimum atomic E-state index is -4.85. The van der Waals surface area contributed by atoms with E-state index in [2.05, 4.69) is 15.4 Å². The number of ether oxygens (including phenoxy) is 1. The molecule has 0 saturated heterocycles. The van der Waals surface area contributed by atoms with Gasteiger partial charge in [0, 0.05) is 22.9 Å². The number of aromatic hydroxyl groups is 1. The average molecular weight is 709 g/mol. The van der Waals surface area contributed by atoms with Crippen molar-refractivity contribution >= 4 is 34.9 Å². The number of urea groups is 1. The lowest BCUT2D eigenvalue weighted by Crippen LogP contribution is -2.63. The van der Waals surface area contributed by atoms with Crippen LogP contribution < -0.4 is 21.1 Å². The zero-order chi connectivity index (χ0) is 37.2. The smallest absolute Gasteiger partial charge is 0.510 e. The van der Waals surface area contributed by atoms with E-state index in [4.69, 9.17) is 5.73 Å². The van der Waals surface area contributed by atoms with Crippen molar-refractivity contribution in [2.24, 2.45) is 17.6 Å². The molecule has 8 N–H and O–H groups in total. The van der Waals surface area contributed by atoms with Crippen LogP contribution in [-0.2, 0) is 16.0 Å². The van der Waals surface area contributed by atoms with E-state index in [1.54, 1.807) is 44.4 Å². The largest absolute Gasteiger partial charge is 0.573 e. The SMILES string of the molecule is CN(C)C1C(O)=C(C(N)=O)C(=O)[C@]2(O)C(O)=C3C(=O)c4c(O)ccc(-c5ccc(NC(=O)Nc6ccc(OC(F)(F)F)cc6)cc5)c4C[C@@H]3C[C@H]12. The number of halogens is 3. The van der Waals surface area contributed by atoms with Crippen molar-refractivity contribution in [3.8, 4) is 22.6 Å². The molecule has 51 heavy (non-hydrogen) atoms. The zero-order valence-electron chi connectivity index (χ0n) is 26.9. The van der Waals surface area contributed by atoms with Crippen molar-refractivity contribution in [1.29, 1.82) is 0 Å². The van der Waals surface area contributed by atoms with Crippen LogP contribution in [0.15, 0.2) is 83.3 Å². The molecule has 13 nitrogen and oxygen atoms in total. The van der Waals surface area contributed by atoms with Gasteiger partial charge in [-0.05, 0) is 92.0 Å². The van der Waals surface area contributed by atoms with Gasteiger partial charge in [-0.2, -0.15) is 0 Å². The lowest BCUT2D eigenvalue weighted by atomic mass is 9.58. The standard InChI is InChI=1S/C35H31F3N4O9/c1-42(2)27-22-14-16-13-21-20(15-3-5-17(6-4-15)40-33(49)41-18-7-9-19(10-8-18)51-35(36,37)38)11-12-23(43)25(21)28(44)24(16)30(46)34(22,50)31(47)26(29(27)45)32(39)48/h3-12,16,22,27,43,45-46,50H,13-14H2,1-2H3,(H2,39,48)(H2,40,41,49)/t16-,22-,27?,34-/m1/s1. The van der Waals surface area contributed by atoms with Crippen LogP contribution in [0.5, 0.6) is 11.5 Å². The van der Waals surface area contributed by atoms with Crippen LogP contribution in [-0.4, -0.2) is 80.9 Å². The monoisotopic (exact) mass is 708 g/mol. The van der Waals surface area contributed by atoms with E-state index in [1.165, 1.54) is 23.1 Å². The molecule has 0 bridgehead atoms. The second-order valence-electron chi connectivity index (χ2n) is 12.7. The van der Waals surface area contributed by atoms with Gasteiger partial charge in [0.15, 0.2) is 11.4 Å². The summed E-state index contributed by atoms with van der Waals surface area (Å²) in [4.78, 5) is 53.7. The molecule has 3 aromatic carbocycles. The lowest BCUT2D eigenvalue weighted by molar-refractivity contribution is -0.274. The fourth-order valence-corrected chi connectivity index (χ4v) is 7.29. The number of hydrogen-bond acceptors (Lipinski definition) is 10. The number of phenolic OH excluding ortho intramolecular Hbond substituents is 1. The molecular weight excluding hydrogens is 677 g/mol. The third kappa shape index (κ3) is 6.01. The number of phenols is 1. The predicted molar refractivity (Wildman–Crippen MR) is 175 cm³/mol. The Labute approximate surface area is 287 Å². The number of fused-ring (bicyclic) bond motifs is 3. The summed E-state index contributed by atoms with van der Waals surface area (Å²) >= 11 is 0. The number of amides is 3. The first kappa shape index (κ1) is 35.0. The van der Waals surface area contributed by atoms with Crippen molar-refractivity contribution in [3.63, 3.8) is 0 Å². The number of likely N-dealkylation sites (N-methyl/N-ethyl adjacent to an activating group) is 1. The summed E-state index contributed by atoms with van der Waals surface area (Å²) in [6, 6.07) is 12.1. The average Bonchev–Trinajstić information content (AvgIpc) is 3.03. The lowest BCUT2D eigenvalue weighted by Gasteiger charge is -2.50. The van der Waals surface area contributed by atoms with Crippen LogP contribution in [0.4, 0.5) is 29.3 Å². The summed E-state index contributed by atoms with van der Waals surface area (Å²) in [6.45, 7) is 0. The van der Waals surface area contributed by atoms with Crippen molar-refractivity contribution in [3.05, 3.63) is 94.5 Å². The molecule has 0 saturated carbocycles. The Morgan fingerprint density at radius 1 is 0.941 bits per heavy atom. The number of aliphatic hydroxyl groups excluding tert-OH is 2. The number of aliphatic hydroxyl groups is 3. The minimum absolute atomic E-state index is 0.0725. The summed E-state index contributed by atoms with van der Waals surface area (Å²) in [6.07, 6.45) is -4.85. The number of anilines is 2. The van der Waals surface area contributed by atoms with Crippen LogP contribution >= 0.6 is 0 Å². The fourth-order valence-electron chi connectivity index (χ4n) is 7.29. The van der Waals surface area contributed by atoms with Crippen molar-refractivity contribution in [1.82, 2.24) is 4.90 Å². The predicted octanol–water partition coefficient (Wildman–Crippen LogP) is 4.33. The van der Waals surface area contributed by atoms with E-state index >= 15 is 0 Å². The van der Waals surface area contributed by atoms with Crippen LogP contribution in [0, 0.1) is 11.8 Å². The van der Waals surface area contributed by atoms with E-state index in [0.717, 1.165) is 12.1 Å². The molecule has 0 spiro atoms. The number of hydrogen-bond donors (Lipinski definition) is 7. The molecule has 0 fully saturated rings. The minimum Gasteiger partial charge on any atom is -0.510 e. The van der Waals surface area contributed by atoms with Gasteiger partial charge < -0.3 is 41.5 Å². The van der Waals surface area contributed by atoms with Gasteiger partial charge in [-0.25, -0.2) is 4.79 Å². The van der Waals surface area contributed by atoms with E-state index in [-0.39, 0.29) is 29.7 Å². The topological polar surface area (TPSA) is 212 Å². The van der Waals surface area contributed by atoms with Gasteiger partial charge in [-0.3, -0.25) is 19.3 Å². The molecule has 0 aromatic heterocycles. The third-order valence-corrected chi connectivity index (χ3v) is 9.41. The van der Waals surface area contributed by atoms with Gasteiger partial charge in [-0.15, -0.1) is 13.2 Å². The third-order valence-electron chi connectivity index (χ3n) is 9.41. The summed E-state index contributed by atoms with van der Waals surface area (Å²) in [5.74, 6) is -7.90. The quantitative estimate of drug-likeness (QED) is 0.180. The normalized spacial score (nSPS) is 23.0. The highest BCUT2D eigenvalue weighted by Gasteiger charge is 2.63. The number of nitrogens with zero attached hydrogens (tertiary/aromatic N) is 1. The molecule has 3 aliphatic carbocycles. The molecule has 4 atom stereocenters. The summed E-state index contributed by atoms with van der Waals surface area (Å²) in [5.41, 5.74) is 3.39. The van der Waals surface area contributed by atoms with Gasteiger partial charge >= 0.3 is 12.4 Å². The Morgan fingerprint density at radius 3 is 2.08 bits per heavy atom. The molecule has 16 heteroatoms. The highest BCUT2D eigenvalue weighted by Crippen LogP contribution is 2.53. The van der Waals surface area contributed by atoms with Crippen LogP contribution in [0.3, 0.4) is 0 Å². The number of primary amides is 1. The van der Waals surface area contributed by atoms with E-state index < -0.39 is 81.9 Å². The first-order chi connectivity index (χ1) is 23.9. The molecular formula is C35H31F3N4O9. The Hall–Kier alpha value is -5.87. The zero-order valence-corrected chi connectivity index (χ0v) is 26.9. The van der Waals surface area contributed by atoms with Gasteiger partial charge in [0.25, 0.3) is 5.91 Å². The molecule has 3 amide bonds. The van der Waals surface area contributed by atoms with Gasteiger partial charge in [0.2, 0.25) is 5.78 Å². The Morgan fingerprint density at radius 2 is 1.53 bits per heavy atom. The number of Topliss-reactive ketones (excluding diaryl/α,β-unsaturated/α-hetero) is 2. The number of carbonyl (C=O) groups is 4. The number of alkyl halides is 3. The summed E-state index contributed by atoms with van der Waals surface area (Å²) in [5, 5.41) is 50.2. The number of allylic oxidation sites excluding steroid dienone is 1. The molecule has 0 heterocycles. The molecule has 3 aliphatic rings. The first-order valence-corrected chi connectivity index (χ1v) is 15.5. The maximum Gasteiger partial charge on any atom is 0.573 e. The van der Waals surface area contributed by atoms with E-state index in [1.807, 2.05) is 0 Å². The highest BCUT2D eigenvalue weighted by atomic mass is 19.4. The van der Waals surface area contributed by atoms with Gasteiger partial charge in [0.1, 0.15) is 28.6 Å². The van der Waals surface area contributed by atoms with E-state index in [0.29, 0.717) is 22.4 Å². The summed E-state index contributed by atoms with van der Waals surface area (Å²) in [7, 11) is 3.08. The highest BCUT2D eigenvalue weighted by molar-refractivity contribution is 6.25. The number of nitrogens with two attached hydrogens (primary N) is 1. The van der Waals surface area contributed by atoms with E-state index in [9.17, 15) is 52.8 Å². The number of nitrogens with one attached hydrogen (secondary N) is 2. The Kier molecular flexibility index (Phi) is 8.55. The molecule has 266 valence electrons. The number of carbonyl (C=O) groups excluding carboxylic acids is 4. The van der Waals surface area contributed by atoms with Crippen LogP contribution in [0.1, 0.15) is 22.3 Å². The maximum atomic E-state index is 14.0. The van der Waals surface area contributed by atoms with Crippen molar-refractivity contribution in [2.45, 2.75) is 30.8 Å². The van der Waals surface area contributed by atoms with Gasteiger partial charge in [-0.1, -0.05) is 18.2 Å². The van der Waals surface area contributed by atoms with Crippen molar-refractivity contribution < 1.29 is 57.5 Å². The second-order valence-corrected chi connectivity index (χ2v) is 12.7. The Balaban J connectivity index is 1.28. The number of benzene rings is 3. The molecule has 3 aromatic rings. The van der Waals surface area contributed by atoms with Gasteiger partial charge in [0.05, 0.1) is 11.6 Å².